The molecule has 0 saturated carbocycles. The van der Waals surface area contributed by atoms with Crippen molar-refractivity contribution in [2.75, 3.05) is 26.2 Å². The lowest BCUT2D eigenvalue weighted by Gasteiger charge is -2.18. The van der Waals surface area contributed by atoms with Crippen molar-refractivity contribution in [3.8, 4) is 0 Å². The topological polar surface area (TPSA) is 32.3 Å². The van der Waals surface area contributed by atoms with Crippen LogP contribution >= 0.6 is 0 Å². The molecule has 0 aliphatic heterocycles. The molecule has 0 aromatic heterocycles. The number of nitrogens with zero attached hydrogens (tertiary/aromatic N) is 1. The molecule has 1 amide bonds. The van der Waals surface area contributed by atoms with E-state index in [1.54, 1.807) is 0 Å². The fourth-order valence-electron chi connectivity index (χ4n) is 2.20. The van der Waals surface area contributed by atoms with E-state index in [0.29, 0.717) is 6.54 Å². The van der Waals surface area contributed by atoms with Gasteiger partial charge in [0.25, 0.3) is 5.91 Å². The molecule has 0 fully saturated rings. The van der Waals surface area contributed by atoms with Crippen LogP contribution in [0.2, 0.25) is 0 Å². The Morgan fingerprint density at radius 3 is 2.42 bits per heavy atom. The molecule has 3 heteroatoms. The molecule has 0 aliphatic carbocycles. The Balaban J connectivity index is 2.52. The lowest BCUT2D eigenvalue weighted by atomic mass is 10.0. The van der Waals surface area contributed by atoms with Gasteiger partial charge < -0.3 is 10.2 Å². The third kappa shape index (κ3) is 4.67. The zero-order valence-electron chi connectivity index (χ0n) is 12.6. The molecule has 0 heterocycles. The SMILES string of the molecule is CCc1ccc(C(=O)NCCN(CC)CC)cc1C. The van der Waals surface area contributed by atoms with Crippen molar-refractivity contribution in [1.82, 2.24) is 10.2 Å². The molecule has 0 aliphatic rings. The highest BCUT2D eigenvalue weighted by molar-refractivity contribution is 5.94. The van der Waals surface area contributed by atoms with Crippen molar-refractivity contribution in [2.45, 2.75) is 34.1 Å². The lowest BCUT2D eigenvalue weighted by molar-refractivity contribution is 0.0949. The van der Waals surface area contributed by atoms with Gasteiger partial charge in [-0.2, -0.15) is 0 Å². The molecular weight excluding hydrogens is 236 g/mol. The molecule has 3 nitrogen and oxygen atoms in total. The van der Waals surface area contributed by atoms with Gasteiger partial charge in [-0.25, -0.2) is 0 Å². The molecule has 0 saturated heterocycles. The van der Waals surface area contributed by atoms with Crippen LogP contribution in [0.5, 0.6) is 0 Å². The quantitative estimate of drug-likeness (QED) is 0.819. The summed E-state index contributed by atoms with van der Waals surface area (Å²) in [6.07, 6.45) is 1.01. The maximum Gasteiger partial charge on any atom is 0.251 e. The zero-order chi connectivity index (χ0) is 14.3. The van der Waals surface area contributed by atoms with Gasteiger partial charge in [0.1, 0.15) is 0 Å². The maximum absolute atomic E-state index is 12.0. The minimum absolute atomic E-state index is 0.0258. The van der Waals surface area contributed by atoms with E-state index in [4.69, 9.17) is 0 Å². The number of rotatable bonds is 7. The smallest absolute Gasteiger partial charge is 0.251 e. The minimum Gasteiger partial charge on any atom is -0.351 e. The molecule has 0 atom stereocenters. The van der Waals surface area contributed by atoms with Gasteiger partial charge >= 0.3 is 0 Å². The van der Waals surface area contributed by atoms with E-state index in [1.807, 2.05) is 12.1 Å². The summed E-state index contributed by atoms with van der Waals surface area (Å²) in [6.45, 7) is 12.1. The van der Waals surface area contributed by atoms with Crippen LogP contribution < -0.4 is 5.32 Å². The van der Waals surface area contributed by atoms with E-state index >= 15 is 0 Å². The second-order valence-corrected chi connectivity index (χ2v) is 4.78. The van der Waals surface area contributed by atoms with E-state index in [-0.39, 0.29) is 5.91 Å². The molecule has 1 N–H and O–H groups in total. The summed E-state index contributed by atoms with van der Waals surface area (Å²) < 4.78 is 0. The van der Waals surface area contributed by atoms with Crippen LogP contribution in [0, 0.1) is 6.92 Å². The van der Waals surface area contributed by atoms with Gasteiger partial charge in [0.2, 0.25) is 0 Å². The second-order valence-electron chi connectivity index (χ2n) is 4.78. The number of amides is 1. The molecule has 106 valence electrons. The highest BCUT2D eigenvalue weighted by Gasteiger charge is 2.07. The molecule has 1 aromatic carbocycles. The summed E-state index contributed by atoms with van der Waals surface area (Å²) in [7, 11) is 0. The first-order chi connectivity index (χ1) is 9.12. The standard InChI is InChI=1S/C16H26N2O/c1-5-14-8-9-15(12-13(14)4)16(19)17-10-11-18(6-2)7-3/h8-9,12H,5-7,10-11H2,1-4H3,(H,17,19). The Morgan fingerprint density at radius 1 is 1.21 bits per heavy atom. The number of nitrogens with one attached hydrogen (secondary N) is 1. The molecule has 0 unspecified atom stereocenters. The normalized spacial score (nSPS) is 10.8. The molecule has 0 bridgehead atoms. The zero-order valence-corrected chi connectivity index (χ0v) is 12.6. The third-order valence-corrected chi connectivity index (χ3v) is 3.59. The van der Waals surface area contributed by atoms with Gasteiger partial charge in [-0.15, -0.1) is 0 Å². The van der Waals surface area contributed by atoms with Gasteiger partial charge in [-0.3, -0.25) is 4.79 Å². The van der Waals surface area contributed by atoms with Crippen LogP contribution in [-0.4, -0.2) is 37.0 Å². The Bertz CT molecular complexity index is 411. The average molecular weight is 262 g/mol. The van der Waals surface area contributed by atoms with Crippen molar-refractivity contribution in [3.05, 3.63) is 34.9 Å². The first kappa shape index (κ1) is 15.7. The lowest BCUT2D eigenvalue weighted by Crippen LogP contribution is -2.34. The summed E-state index contributed by atoms with van der Waals surface area (Å²) in [5.74, 6) is 0.0258. The van der Waals surface area contributed by atoms with Crippen LogP contribution in [0.25, 0.3) is 0 Å². The Labute approximate surface area is 117 Å². The van der Waals surface area contributed by atoms with Crippen LogP contribution in [0.4, 0.5) is 0 Å². The number of aryl methyl sites for hydroxylation is 2. The Hall–Kier alpha value is -1.35. The molecule has 0 radical (unpaired) electrons. The highest BCUT2D eigenvalue weighted by Crippen LogP contribution is 2.11. The molecule has 1 rings (SSSR count). The van der Waals surface area contributed by atoms with Gasteiger partial charge in [0.05, 0.1) is 0 Å². The first-order valence-corrected chi connectivity index (χ1v) is 7.22. The number of benzene rings is 1. The predicted molar refractivity (Wildman–Crippen MR) is 80.7 cm³/mol. The minimum atomic E-state index is 0.0258. The monoisotopic (exact) mass is 262 g/mol. The van der Waals surface area contributed by atoms with Crippen LogP contribution in [0.3, 0.4) is 0 Å². The first-order valence-electron chi connectivity index (χ1n) is 7.22. The third-order valence-electron chi connectivity index (χ3n) is 3.59. The van der Waals surface area contributed by atoms with Crippen molar-refractivity contribution < 1.29 is 4.79 Å². The largest absolute Gasteiger partial charge is 0.351 e. The van der Waals surface area contributed by atoms with Gasteiger partial charge in [-0.05, 0) is 49.7 Å². The van der Waals surface area contributed by atoms with Gasteiger partial charge in [0, 0.05) is 18.7 Å². The average Bonchev–Trinajstić information content (AvgIpc) is 2.43. The summed E-state index contributed by atoms with van der Waals surface area (Å²) >= 11 is 0. The summed E-state index contributed by atoms with van der Waals surface area (Å²) in [4.78, 5) is 14.3. The highest BCUT2D eigenvalue weighted by atomic mass is 16.1. The van der Waals surface area contributed by atoms with E-state index in [1.165, 1.54) is 11.1 Å². The van der Waals surface area contributed by atoms with E-state index in [0.717, 1.165) is 31.6 Å². The van der Waals surface area contributed by atoms with Crippen molar-refractivity contribution >= 4 is 5.91 Å². The Morgan fingerprint density at radius 2 is 1.89 bits per heavy atom. The molecular formula is C16H26N2O. The summed E-state index contributed by atoms with van der Waals surface area (Å²) in [5.41, 5.74) is 3.26. The fourth-order valence-corrected chi connectivity index (χ4v) is 2.20. The van der Waals surface area contributed by atoms with Crippen LogP contribution in [-0.2, 0) is 6.42 Å². The van der Waals surface area contributed by atoms with E-state index in [2.05, 4.69) is 44.0 Å². The van der Waals surface area contributed by atoms with Crippen LogP contribution in [0.1, 0.15) is 42.3 Å². The number of likely N-dealkylation sites (N-methyl/N-ethyl adjacent to an activating group) is 1. The fraction of sp³-hybridized carbons (Fsp3) is 0.562. The molecule has 0 spiro atoms. The number of hydrogen-bond donors (Lipinski definition) is 1. The molecule has 19 heavy (non-hydrogen) atoms. The number of carbonyl (C=O) groups excluding carboxylic acids is 1. The van der Waals surface area contributed by atoms with Crippen molar-refractivity contribution in [3.63, 3.8) is 0 Å². The second kappa shape index (κ2) is 7.95. The van der Waals surface area contributed by atoms with Gasteiger partial charge in [0.15, 0.2) is 0 Å². The number of hydrogen-bond acceptors (Lipinski definition) is 2. The van der Waals surface area contributed by atoms with E-state index in [9.17, 15) is 4.79 Å². The molecule has 1 aromatic rings. The van der Waals surface area contributed by atoms with Crippen molar-refractivity contribution in [1.29, 1.82) is 0 Å². The maximum atomic E-state index is 12.0. The van der Waals surface area contributed by atoms with Crippen molar-refractivity contribution in [2.24, 2.45) is 0 Å². The number of carbonyl (C=O) groups is 1. The van der Waals surface area contributed by atoms with Crippen LogP contribution in [0.15, 0.2) is 18.2 Å². The summed E-state index contributed by atoms with van der Waals surface area (Å²) in [6, 6.07) is 5.94. The van der Waals surface area contributed by atoms with Gasteiger partial charge in [-0.1, -0.05) is 26.8 Å². The Kier molecular flexibility index (Phi) is 6.57. The predicted octanol–water partition coefficient (Wildman–Crippen LogP) is 2.63. The summed E-state index contributed by atoms with van der Waals surface area (Å²) in [5, 5.41) is 2.98. The van der Waals surface area contributed by atoms with E-state index < -0.39 is 0 Å².